The van der Waals surface area contributed by atoms with Crippen LogP contribution in [0, 0.1) is 11.8 Å². The molecule has 1 aliphatic heterocycles. The molecule has 1 aliphatic carbocycles. The number of alkyl halides is 3. The van der Waals surface area contributed by atoms with Gasteiger partial charge in [-0.1, -0.05) is 12.1 Å². The molecule has 0 amide bonds. The molecule has 2 fully saturated rings. The second-order valence-corrected chi connectivity index (χ2v) is 7.20. The summed E-state index contributed by atoms with van der Waals surface area (Å²) in [7, 11) is 0. The van der Waals surface area contributed by atoms with Crippen molar-refractivity contribution in [2.75, 3.05) is 13.1 Å². The Labute approximate surface area is 144 Å². The lowest BCUT2D eigenvalue weighted by molar-refractivity contribution is -0.137. The number of nitrogens with one attached hydrogen (secondary N) is 1. The maximum atomic E-state index is 12.7. The van der Waals surface area contributed by atoms with Crippen molar-refractivity contribution in [1.82, 2.24) is 15.1 Å². The fourth-order valence-electron chi connectivity index (χ4n) is 4.28. The number of halogens is 3. The van der Waals surface area contributed by atoms with Crippen molar-refractivity contribution in [3.8, 4) is 11.3 Å². The van der Waals surface area contributed by atoms with Crippen LogP contribution in [0.15, 0.2) is 30.5 Å². The molecule has 4 nitrogen and oxygen atoms in total. The molecule has 1 saturated heterocycles. The number of aromatic amines is 1. The molecule has 134 valence electrons. The monoisotopic (exact) mass is 350 g/mol. The van der Waals surface area contributed by atoms with Crippen LogP contribution in [0.2, 0.25) is 0 Å². The van der Waals surface area contributed by atoms with Crippen LogP contribution in [0.5, 0.6) is 0 Å². The number of nitrogens with two attached hydrogens (primary N) is 1. The highest BCUT2D eigenvalue weighted by Crippen LogP contribution is 2.38. The molecule has 25 heavy (non-hydrogen) atoms. The lowest BCUT2D eigenvalue weighted by Gasteiger charge is -2.18. The first-order chi connectivity index (χ1) is 11.9. The molecular weight excluding hydrogens is 329 g/mol. The topological polar surface area (TPSA) is 57.9 Å². The number of aromatic nitrogens is 2. The van der Waals surface area contributed by atoms with Gasteiger partial charge >= 0.3 is 6.18 Å². The van der Waals surface area contributed by atoms with Gasteiger partial charge in [-0.3, -0.25) is 10.00 Å². The first-order valence-electron chi connectivity index (χ1n) is 8.59. The number of fused-ring (bicyclic) bond motifs is 1. The number of H-pyrrole nitrogens is 1. The standard InChI is InChI=1S/C18H21F3N4/c19-18(20,21)14-4-1-11(2-5-14)17-13(7-23-24-17)9-25-8-12-3-6-16(22)15(12)10-25/h1-2,4-5,7,12,15-16H,3,6,8-10,22H2,(H,23,24). The summed E-state index contributed by atoms with van der Waals surface area (Å²) in [4.78, 5) is 2.38. The molecule has 1 aromatic carbocycles. The predicted molar refractivity (Wildman–Crippen MR) is 88.5 cm³/mol. The third-order valence-electron chi connectivity index (χ3n) is 5.60. The van der Waals surface area contributed by atoms with Gasteiger partial charge in [0.1, 0.15) is 0 Å². The fourth-order valence-corrected chi connectivity index (χ4v) is 4.28. The molecule has 3 atom stereocenters. The van der Waals surface area contributed by atoms with Gasteiger partial charge in [-0.2, -0.15) is 18.3 Å². The average molecular weight is 350 g/mol. The largest absolute Gasteiger partial charge is 0.416 e. The minimum absolute atomic E-state index is 0.300. The third kappa shape index (κ3) is 3.18. The highest BCUT2D eigenvalue weighted by Gasteiger charge is 2.40. The Morgan fingerprint density at radius 3 is 2.60 bits per heavy atom. The lowest BCUT2D eigenvalue weighted by atomic mass is 9.98. The van der Waals surface area contributed by atoms with E-state index in [1.54, 1.807) is 6.20 Å². The summed E-state index contributed by atoms with van der Waals surface area (Å²) in [5.41, 5.74) is 8.06. The van der Waals surface area contributed by atoms with Gasteiger partial charge in [0.15, 0.2) is 0 Å². The molecule has 0 spiro atoms. The Balaban J connectivity index is 1.50. The van der Waals surface area contributed by atoms with Crippen molar-refractivity contribution in [2.45, 2.75) is 31.6 Å². The minimum Gasteiger partial charge on any atom is -0.327 e. The maximum Gasteiger partial charge on any atom is 0.416 e. The van der Waals surface area contributed by atoms with Gasteiger partial charge in [0.05, 0.1) is 17.5 Å². The molecule has 1 saturated carbocycles. The second-order valence-electron chi connectivity index (χ2n) is 7.20. The van der Waals surface area contributed by atoms with Gasteiger partial charge < -0.3 is 5.73 Å². The first kappa shape index (κ1) is 16.6. The molecule has 0 radical (unpaired) electrons. The minimum atomic E-state index is -4.32. The van der Waals surface area contributed by atoms with Crippen molar-refractivity contribution in [2.24, 2.45) is 17.6 Å². The normalized spacial score (nSPS) is 27.0. The van der Waals surface area contributed by atoms with E-state index in [9.17, 15) is 13.2 Å². The molecule has 2 aromatic rings. The number of hydrogen-bond acceptors (Lipinski definition) is 3. The van der Waals surface area contributed by atoms with E-state index in [0.717, 1.165) is 55.0 Å². The molecule has 2 heterocycles. The van der Waals surface area contributed by atoms with E-state index in [1.165, 1.54) is 18.6 Å². The van der Waals surface area contributed by atoms with E-state index >= 15 is 0 Å². The van der Waals surface area contributed by atoms with Crippen molar-refractivity contribution in [3.05, 3.63) is 41.6 Å². The summed E-state index contributed by atoms with van der Waals surface area (Å²) in [5, 5.41) is 7.03. The lowest BCUT2D eigenvalue weighted by Crippen LogP contribution is -2.30. The van der Waals surface area contributed by atoms with Crippen molar-refractivity contribution in [1.29, 1.82) is 0 Å². The smallest absolute Gasteiger partial charge is 0.327 e. The Morgan fingerprint density at radius 1 is 1.16 bits per heavy atom. The van der Waals surface area contributed by atoms with Gasteiger partial charge in [0, 0.05) is 31.2 Å². The van der Waals surface area contributed by atoms with Gasteiger partial charge in [-0.05, 0) is 42.4 Å². The second kappa shape index (κ2) is 6.14. The van der Waals surface area contributed by atoms with Crippen LogP contribution in [0.1, 0.15) is 24.0 Å². The molecule has 7 heteroatoms. The summed E-state index contributed by atoms with van der Waals surface area (Å²) >= 11 is 0. The highest BCUT2D eigenvalue weighted by atomic mass is 19.4. The Morgan fingerprint density at radius 2 is 1.92 bits per heavy atom. The number of rotatable bonds is 3. The van der Waals surface area contributed by atoms with Gasteiger partial charge in [0.25, 0.3) is 0 Å². The Bertz CT molecular complexity index is 738. The summed E-state index contributed by atoms with van der Waals surface area (Å²) < 4.78 is 38.2. The van der Waals surface area contributed by atoms with Gasteiger partial charge in [-0.25, -0.2) is 0 Å². The van der Waals surface area contributed by atoms with Crippen LogP contribution in [0.3, 0.4) is 0 Å². The first-order valence-corrected chi connectivity index (χ1v) is 8.59. The SMILES string of the molecule is NC1CCC2CN(Cc3cn[nH]c3-c3ccc(C(F)(F)F)cc3)CC12. The van der Waals surface area contributed by atoms with E-state index in [4.69, 9.17) is 5.73 Å². The van der Waals surface area contributed by atoms with Crippen LogP contribution in [0.25, 0.3) is 11.3 Å². The molecule has 1 aromatic heterocycles. The van der Waals surface area contributed by atoms with Crippen LogP contribution in [0.4, 0.5) is 13.2 Å². The zero-order chi connectivity index (χ0) is 17.6. The highest BCUT2D eigenvalue weighted by molar-refractivity contribution is 5.63. The average Bonchev–Trinajstić information content (AvgIpc) is 3.26. The molecule has 2 aliphatic rings. The van der Waals surface area contributed by atoms with Gasteiger partial charge in [-0.15, -0.1) is 0 Å². The molecular formula is C18H21F3N4. The maximum absolute atomic E-state index is 12.7. The van der Waals surface area contributed by atoms with E-state index in [2.05, 4.69) is 15.1 Å². The summed E-state index contributed by atoms with van der Waals surface area (Å²) in [6, 6.07) is 5.51. The number of hydrogen-bond donors (Lipinski definition) is 2. The van der Waals surface area contributed by atoms with Crippen molar-refractivity contribution in [3.63, 3.8) is 0 Å². The Hall–Kier alpha value is -1.86. The molecule has 0 bridgehead atoms. The molecule has 4 rings (SSSR count). The molecule has 3 unspecified atom stereocenters. The van der Waals surface area contributed by atoms with Crippen LogP contribution in [-0.2, 0) is 12.7 Å². The zero-order valence-corrected chi connectivity index (χ0v) is 13.8. The van der Waals surface area contributed by atoms with E-state index < -0.39 is 11.7 Å². The van der Waals surface area contributed by atoms with E-state index in [1.807, 2.05) is 0 Å². The Kier molecular flexibility index (Phi) is 4.08. The number of benzene rings is 1. The number of likely N-dealkylation sites (tertiary alicyclic amines) is 1. The molecule has 3 N–H and O–H groups in total. The third-order valence-corrected chi connectivity index (χ3v) is 5.60. The number of nitrogens with zero attached hydrogens (tertiary/aromatic N) is 2. The quantitative estimate of drug-likeness (QED) is 0.893. The fraction of sp³-hybridized carbons (Fsp3) is 0.500. The van der Waals surface area contributed by atoms with Gasteiger partial charge in [0.2, 0.25) is 0 Å². The van der Waals surface area contributed by atoms with Crippen molar-refractivity contribution < 1.29 is 13.2 Å². The van der Waals surface area contributed by atoms with Crippen molar-refractivity contribution >= 4 is 0 Å². The van der Waals surface area contributed by atoms with E-state index in [0.29, 0.717) is 17.9 Å². The predicted octanol–water partition coefficient (Wildman–Crippen LogP) is 3.26. The zero-order valence-electron chi connectivity index (χ0n) is 13.8. The van der Waals surface area contributed by atoms with E-state index in [-0.39, 0.29) is 0 Å². The van der Waals surface area contributed by atoms with Crippen LogP contribution < -0.4 is 5.73 Å². The summed E-state index contributed by atoms with van der Waals surface area (Å²) in [5.74, 6) is 1.25. The van der Waals surface area contributed by atoms with Crippen LogP contribution >= 0.6 is 0 Å². The van der Waals surface area contributed by atoms with Crippen LogP contribution in [-0.4, -0.2) is 34.2 Å². The summed E-state index contributed by atoms with van der Waals surface area (Å²) in [6.45, 7) is 2.77. The summed E-state index contributed by atoms with van der Waals surface area (Å²) in [6.07, 6.45) is -0.242.